The molecule has 0 N–H and O–H groups in total. The van der Waals surface area contributed by atoms with Crippen molar-refractivity contribution >= 4 is 21.9 Å². The van der Waals surface area contributed by atoms with Crippen LogP contribution in [0.3, 0.4) is 0 Å². The first kappa shape index (κ1) is 19.4. The molecule has 1 nitrogen and oxygen atoms in total. The smallest absolute Gasteiger partial charge is 0.135 e. The Morgan fingerprint density at radius 1 is 0.719 bits per heavy atom. The van der Waals surface area contributed by atoms with Gasteiger partial charge in [-0.15, -0.1) is 0 Å². The van der Waals surface area contributed by atoms with Gasteiger partial charge in [0.05, 0.1) is 0 Å². The highest BCUT2D eigenvalue weighted by molar-refractivity contribution is 6.06. The van der Waals surface area contributed by atoms with Crippen molar-refractivity contribution < 1.29 is 4.42 Å². The summed E-state index contributed by atoms with van der Waals surface area (Å²) in [4.78, 5) is 0. The maximum atomic E-state index is 6.19. The minimum absolute atomic E-state index is 0.0232. The van der Waals surface area contributed by atoms with E-state index in [9.17, 15) is 0 Å². The minimum atomic E-state index is 0.0232. The topological polar surface area (TPSA) is 13.1 Å². The molecule has 0 atom stereocenters. The molecule has 0 aliphatic heterocycles. The van der Waals surface area contributed by atoms with E-state index in [1.54, 1.807) is 0 Å². The fraction of sp³-hybridized carbons (Fsp3) is 0.226. The standard InChI is InChI=1S/C31H28O/c1-18-10-11-19(2)30-29(18)23-13-12-21(16-25(23)31(30,4)5)15-22-14-20(3)28-24-8-6-7-9-26(24)32-27(28)17-22/h6-14,16-17H,15H2,1-5H3. The summed E-state index contributed by atoms with van der Waals surface area (Å²) in [5.74, 6) is 0. The summed E-state index contributed by atoms with van der Waals surface area (Å²) in [5.41, 5.74) is 14.5. The molecule has 0 amide bonds. The van der Waals surface area contributed by atoms with Crippen LogP contribution < -0.4 is 0 Å². The Balaban J connectivity index is 1.44. The summed E-state index contributed by atoms with van der Waals surface area (Å²) in [6.07, 6.45) is 0.908. The van der Waals surface area contributed by atoms with Gasteiger partial charge < -0.3 is 4.42 Å². The number of hydrogen-bond donors (Lipinski definition) is 0. The fourth-order valence-corrected chi connectivity index (χ4v) is 6.01. The van der Waals surface area contributed by atoms with Crippen LogP contribution in [0, 0.1) is 20.8 Å². The van der Waals surface area contributed by atoms with E-state index >= 15 is 0 Å². The van der Waals surface area contributed by atoms with Gasteiger partial charge in [0.1, 0.15) is 11.2 Å². The van der Waals surface area contributed by atoms with Crippen molar-refractivity contribution in [1.29, 1.82) is 0 Å². The maximum absolute atomic E-state index is 6.19. The molecule has 1 aliphatic carbocycles. The average Bonchev–Trinajstić information content (AvgIpc) is 3.24. The Labute approximate surface area is 189 Å². The van der Waals surface area contributed by atoms with Gasteiger partial charge in [-0.05, 0) is 89.4 Å². The SMILES string of the molecule is Cc1ccc(C)c2c1-c1ccc(Cc3cc(C)c4c(c3)oc3ccccc34)cc1C2(C)C. The van der Waals surface area contributed by atoms with Crippen molar-refractivity contribution in [3.8, 4) is 11.1 Å². The van der Waals surface area contributed by atoms with Gasteiger partial charge in [0.15, 0.2) is 0 Å². The van der Waals surface area contributed by atoms with Crippen LogP contribution in [-0.2, 0) is 11.8 Å². The van der Waals surface area contributed by atoms with Crippen LogP contribution in [0.15, 0.2) is 71.1 Å². The molecule has 0 radical (unpaired) electrons. The first-order valence-electron chi connectivity index (χ1n) is 11.5. The van der Waals surface area contributed by atoms with Gasteiger partial charge in [0.2, 0.25) is 0 Å². The summed E-state index contributed by atoms with van der Waals surface area (Å²) in [6, 6.07) is 24.5. The maximum Gasteiger partial charge on any atom is 0.135 e. The monoisotopic (exact) mass is 416 g/mol. The van der Waals surface area contributed by atoms with Gasteiger partial charge in [-0.2, -0.15) is 0 Å². The summed E-state index contributed by atoms with van der Waals surface area (Å²) < 4.78 is 6.19. The molecule has 0 saturated heterocycles. The van der Waals surface area contributed by atoms with E-state index < -0.39 is 0 Å². The Morgan fingerprint density at radius 2 is 1.50 bits per heavy atom. The first-order valence-corrected chi connectivity index (χ1v) is 11.5. The van der Waals surface area contributed by atoms with E-state index in [1.807, 2.05) is 6.07 Å². The van der Waals surface area contributed by atoms with Gasteiger partial charge >= 0.3 is 0 Å². The van der Waals surface area contributed by atoms with E-state index in [2.05, 4.69) is 95.3 Å². The third-order valence-electron chi connectivity index (χ3n) is 7.42. The zero-order valence-corrected chi connectivity index (χ0v) is 19.5. The normalized spacial score (nSPS) is 14.2. The largest absolute Gasteiger partial charge is 0.456 e. The van der Waals surface area contributed by atoms with Gasteiger partial charge in [-0.3, -0.25) is 0 Å². The number of benzene rings is 4. The van der Waals surface area contributed by atoms with Crippen LogP contribution in [0.1, 0.15) is 52.8 Å². The van der Waals surface area contributed by atoms with E-state index in [1.165, 1.54) is 60.8 Å². The van der Waals surface area contributed by atoms with Crippen molar-refractivity contribution in [2.24, 2.45) is 0 Å². The molecule has 0 bridgehead atoms. The molecular formula is C31H28O. The van der Waals surface area contributed by atoms with Crippen LogP contribution in [0.25, 0.3) is 33.1 Å². The lowest BCUT2D eigenvalue weighted by molar-refractivity contribution is 0.654. The second-order valence-corrected chi connectivity index (χ2v) is 10.0. The number of hydrogen-bond acceptors (Lipinski definition) is 1. The van der Waals surface area contributed by atoms with Gasteiger partial charge in [0, 0.05) is 16.2 Å². The molecule has 1 heteroatoms. The minimum Gasteiger partial charge on any atom is -0.456 e. The highest BCUT2D eigenvalue weighted by Gasteiger charge is 2.37. The highest BCUT2D eigenvalue weighted by Crippen LogP contribution is 2.51. The molecule has 0 fully saturated rings. The molecular weight excluding hydrogens is 388 g/mol. The van der Waals surface area contributed by atoms with Crippen molar-refractivity contribution in [3.63, 3.8) is 0 Å². The van der Waals surface area contributed by atoms with Gasteiger partial charge in [-0.1, -0.05) is 68.4 Å². The van der Waals surface area contributed by atoms with Crippen LogP contribution in [0.4, 0.5) is 0 Å². The molecule has 4 aromatic carbocycles. The highest BCUT2D eigenvalue weighted by atomic mass is 16.3. The van der Waals surface area contributed by atoms with Crippen molar-refractivity contribution in [1.82, 2.24) is 0 Å². The quantitative estimate of drug-likeness (QED) is 0.281. The van der Waals surface area contributed by atoms with Crippen molar-refractivity contribution in [2.45, 2.75) is 46.5 Å². The van der Waals surface area contributed by atoms with E-state index in [-0.39, 0.29) is 5.41 Å². The summed E-state index contributed by atoms with van der Waals surface area (Å²) in [7, 11) is 0. The van der Waals surface area contributed by atoms with Crippen molar-refractivity contribution in [2.75, 3.05) is 0 Å². The second-order valence-electron chi connectivity index (χ2n) is 10.0. The summed E-state index contributed by atoms with van der Waals surface area (Å²) >= 11 is 0. The number of rotatable bonds is 2. The number of furan rings is 1. The summed E-state index contributed by atoms with van der Waals surface area (Å²) in [6.45, 7) is 11.4. The molecule has 0 spiro atoms. The Morgan fingerprint density at radius 3 is 2.34 bits per heavy atom. The van der Waals surface area contributed by atoms with Gasteiger partial charge in [0.25, 0.3) is 0 Å². The molecule has 1 heterocycles. The lowest BCUT2D eigenvalue weighted by atomic mass is 9.79. The molecule has 6 rings (SSSR count). The predicted molar refractivity (Wildman–Crippen MR) is 135 cm³/mol. The molecule has 32 heavy (non-hydrogen) atoms. The van der Waals surface area contributed by atoms with Crippen LogP contribution >= 0.6 is 0 Å². The fourth-order valence-electron chi connectivity index (χ4n) is 6.01. The predicted octanol–water partition coefficient (Wildman–Crippen LogP) is 8.41. The number of aryl methyl sites for hydroxylation is 3. The zero-order valence-electron chi connectivity index (χ0n) is 19.5. The third kappa shape index (κ3) is 2.64. The number of para-hydroxylation sites is 1. The molecule has 5 aromatic rings. The molecule has 1 aromatic heterocycles. The van der Waals surface area contributed by atoms with Gasteiger partial charge in [-0.25, -0.2) is 0 Å². The lowest BCUT2D eigenvalue weighted by Gasteiger charge is -2.24. The van der Waals surface area contributed by atoms with E-state index in [4.69, 9.17) is 4.42 Å². The summed E-state index contributed by atoms with van der Waals surface area (Å²) in [5, 5.41) is 2.44. The van der Waals surface area contributed by atoms with E-state index in [0.717, 1.165) is 17.6 Å². The number of fused-ring (bicyclic) bond motifs is 6. The lowest BCUT2D eigenvalue weighted by Crippen LogP contribution is -2.16. The average molecular weight is 417 g/mol. The Bertz CT molecular complexity index is 1540. The third-order valence-corrected chi connectivity index (χ3v) is 7.42. The second kappa shape index (κ2) is 6.59. The Hall–Kier alpha value is -3.32. The first-order chi connectivity index (χ1) is 15.3. The molecule has 158 valence electrons. The molecule has 0 saturated carbocycles. The van der Waals surface area contributed by atoms with Crippen molar-refractivity contribution in [3.05, 3.63) is 106 Å². The zero-order chi connectivity index (χ0) is 22.2. The Kier molecular flexibility index (Phi) is 3.99. The molecule has 0 unspecified atom stereocenters. The van der Waals surface area contributed by atoms with Crippen LogP contribution in [0.2, 0.25) is 0 Å². The van der Waals surface area contributed by atoms with Crippen LogP contribution in [-0.4, -0.2) is 0 Å². The molecule has 1 aliphatic rings. The van der Waals surface area contributed by atoms with Crippen LogP contribution in [0.5, 0.6) is 0 Å². The van der Waals surface area contributed by atoms with E-state index in [0.29, 0.717) is 0 Å².